The number of nitrogens with zero attached hydrogens (tertiary/aromatic N) is 1. The van der Waals surface area contributed by atoms with Crippen LogP contribution in [0.5, 0.6) is 0 Å². The van der Waals surface area contributed by atoms with E-state index in [2.05, 4.69) is 31.1 Å². The lowest BCUT2D eigenvalue weighted by Gasteiger charge is -2.22. The smallest absolute Gasteiger partial charge is 0.274 e. The van der Waals surface area contributed by atoms with E-state index in [1.165, 1.54) is 0 Å². The molecule has 0 spiro atoms. The molecule has 0 saturated heterocycles. The Labute approximate surface area is 113 Å². The quantitative estimate of drug-likeness (QED) is 0.889. The SMILES string of the molecule is CC(C)(C)c1ccccc1NC(=O)c1ccccn1. The van der Waals surface area contributed by atoms with E-state index in [9.17, 15) is 4.79 Å². The molecule has 0 aliphatic carbocycles. The maximum absolute atomic E-state index is 12.1. The molecule has 1 aromatic heterocycles. The minimum atomic E-state index is -0.183. The number of aromatic nitrogens is 1. The monoisotopic (exact) mass is 254 g/mol. The highest BCUT2D eigenvalue weighted by Crippen LogP contribution is 2.29. The molecule has 0 fully saturated rings. The fraction of sp³-hybridized carbons (Fsp3) is 0.250. The van der Waals surface area contributed by atoms with Gasteiger partial charge >= 0.3 is 0 Å². The third-order valence-electron chi connectivity index (χ3n) is 2.88. The van der Waals surface area contributed by atoms with E-state index < -0.39 is 0 Å². The Hall–Kier alpha value is -2.16. The molecule has 0 radical (unpaired) electrons. The number of anilines is 1. The summed E-state index contributed by atoms with van der Waals surface area (Å²) in [6, 6.07) is 13.2. The van der Waals surface area contributed by atoms with Crippen molar-refractivity contribution < 1.29 is 4.79 Å². The van der Waals surface area contributed by atoms with Crippen LogP contribution >= 0.6 is 0 Å². The molecule has 0 atom stereocenters. The predicted octanol–water partition coefficient (Wildman–Crippen LogP) is 3.63. The van der Waals surface area contributed by atoms with Gasteiger partial charge in [0.2, 0.25) is 0 Å². The zero-order valence-corrected chi connectivity index (χ0v) is 11.5. The molecule has 1 aromatic carbocycles. The molecule has 0 aliphatic heterocycles. The summed E-state index contributed by atoms with van der Waals surface area (Å²) in [4.78, 5) is 16.2. The zero-order valence-electron chi connectivity index (χ0n) is 11.5. The number of amides is 1. The molecular weight excluding hydrogens is 236 g/mol. The first-order valence-electron chi connectivity index (χ1n) is 6.30. The van der Waals surface area contributed by atoms with Crippen LogP contribution in [0.15, 0.2) is 48.7 Å². The lowest BCUT2D eigenvalue weighted by Crippen LogP contribution is -2.19. The van der Waals surface area contributed by atoms with Crippen LogP contribution in [-0.2, 0) is 5.41 Å². The number of benzene rings is 1. The molecule has 1 N–H and O–H groups in total. The Kier molecular flexibility index (Phi) is 3.65. The van der Waals surface area contributed by atoms with Crippen LogP contribution in [0.1, 0.15) is 36.8 Å². The average Bonchev–Trinajstić information content (AvgIpc) is 2.39. The van der Waals surface area contributed by atoms with Crippen LogP contribution in [0.25, 0.3) is 0 Å². The number of carbonyl (C=O) groups is 1. The summed E-state index contributed by atoms with van der Waals surface area (Å²) in [5.41, 5.74) is 2.35. The van der Waals surface area contributed by atoms with E-state index >= 15 is 0 Å². The number of para-hydroxylation sites is 1. The van der Waals surface area contributed by atoms with Gasteiger partial charge in [-0.05, 0) is 29.2 Å². The minimum Gasteiger partial charge on any atom is -0.320 e. The summed E-state index contributed by atoms with van der Waals surface area (Å²) in [5, 5.41) is 2.93. The van der Waals surface area contributed by atoms with Crippen LogP contribution in [0, 0.1) is 0 Å². The van der Waals surface area contributed by atoms with E-state index in [1.807, 2.05) is 24.3 Å². The highest BCUT2D eigenvalue weighted by atomic mass is 16.1. The second-order valence-electron chi connectivity index (χ2n) is 5.46. The largest absolute Gasteiger partial charge is 0.320 e. The molecule has 1 heterocycles. The molecular formula is C16H18N2O. The zero-order chi connectivity index (χ0) is 13.9. The van der Waals surface area contributed by atoms with Crippen molar-refractivity contribution in [2.75, 3.05) is 5.32 Å². The van der Waals surface area contributed by atoms with Crippen molar-refractivity contribution in [3.8, 4) is 0 Å². The van der Waals surface area contributed by atoms with Crippen molar-refractivity contribution in [1.82, 2.24) is 4.98 Å². The van der Waals surface area contributed by atoms with E-state index in [-0.39, 0.29) is 11.3 Å². The summed E-state index contributed by atoms with van der Waals surface area (Å²) in [6.07, 6.45) is 1.62. The number of rotatable bonds is 2. The van der Waals surface area contributed by atoms with Gasteiger partial charge in [0, 0.05) is 11.9 Å². The number of hydrogen-bond donors (Lipinski definition) is 1. The summed E-state index contributed by atoms with van der Waals surface area (Å²) in [5.74, 6) is -0.183. The summed E-state index contributed by atoms with van der Waals surface area (Å²) < 4.78 is 0. The summed E-state index contributed by atoms with van der Waals surface area (Å²) in [6.45, 7) is 6.37. The molecule has 2 aromatic rings. The molecule has 0 saturated carbocycles. The van der Waals surface area contributed by atoms with Gasteiger partial charge in [-0.15, -0.1) is 0 Å². The lowest BCUT2D eigenvalue weighted by atomic mass is 9.86. The second-order valence-corrected chi connectivity index (χ2v) is 5.46. The molecule has 1 amide bonds. The lowest BCUT2D eigenvalue weighted by molar-refractivity contribution is 0.102. The molecule has 3 nitrogen and oxygen atoms in total. The Morgan fingerprint density at radius 2 is 1.74 bits per heavy atom. The van der Waals surface area contributed by atoms with E-state index in [0.29, 0.717) is 5.69 Å². The van der Waals surface area contributed by atoms with Crippen molar-refractivity contribution in [3.63, 3.8) is 0 Å². The maximum Gasteiger partial charge on any atom is 0.274 e. The minimum absolute atomic E-state index is 0.0199. The van der Waals surface area contributed by atoms with E-state index in [4.69, 9.17) is 0 Å². The molecule has 98 valence electrons. The molecule has 0 aliphatic rings. The fourth-order valence-corrected chi connectivity index (χ4v) is 1.93. The van der Waals surface area contributed by atoms with Gasteiger partial charge in [-0.25, -0.2) is 0 Å². The van der Waals surface area contributed by atoms with Crippen molar-refractivity contribution in [3.05, 3.63) is 59.9 Å². The van der Waals surface area contributed by atoms with Gasteiger partial charge in [0.25, 0.3) is 5.91 Å². The first-order valence-corrected chi connectivity index (χ1v) is 6.30. The van der Waals surface area contributed by atoms with Crippen LogP contribution in [0.4, 0.5) is 5.69 Å². The van der Waals surface area contributed by atoms with Gasteiger partial charge in [0.05, 0.1) is 0 Å². The normalized spacial score (nSPS) is 11.1. The van der Waals surface area contributed by atoms with Crippen molar-refractivity contribution in [1.29, 1.82) is 0 Å². The Morgan fingerprint density at radius 1 is 1.05 bits per heavy atom. The fourth-order valence-electron chi connectivity index (χ4n) is 1.93. The van der Waals surface area contributed by atoms with Gasteiger partial charge in [-0.1, -0.05) is 45.0 Å². The first kappa shape index (κ1) is 13.3. The molecule has 0 unspecified atom stereocenters. The third-order valence-corrected chi connectivity index (χ3v) is 2.88. The molecule has 0 bridgehead atoms. The van der Waals surface area contributed by atoms with Crippen LogP contribution in [0.3, 0.4) is 0 Å². The maximum atomic E-state index is 12.1. The van der Waals surface area contributed by atoms with Crippen molar-refractivity contribution >= 4 is 11.6 Å². The van der Waals surface area contributed by atoms with Gasteiger partial charge in [0.1, 0.15) is 5.69 Å². The Bertz CT molecular complexity index is 571. The first-order chi connectivity index (χ1) is 8.98. The summed E-state index contributed by atoms with van der Waals surface area (Å²) >= 11 is 0. The van der Waals surface area contributed by atoms with E-state index in [0.717, 1.165) is 11.3 Å². The van der Waals surface area contributed by atoms with Gasteiger partial charge < -0.3 is 5.32 Å². The van der Waals surface area contributed by atoms with Gasteiger partial charge in [-0.3, -0.25) is 9.78 Å². The number of hydrogen-bond acceptors (Lipinski definition) is 2. The predicted molar refractivity (Wildman–Crippen MR) is 77.3 cm³/mol. The Balaban J connectivity index is 2.28. The standard InChI is InChI=1S/C16H18N2O/c1-16(2,3)12-8-4-5-9-13(12)18-15(19)14-10-6-7-11-17-14/h4-11H,1-3H3,(H,18,19). The molecule has 3 heteroatoms. The third kappa shape index (κ3) is 3.19. The van der Waals surface area contributed by atoms with Crippen molar-refractivity contribution in [2.45, 2.75) is 26.2 Å². The topological polar surface area (TPSA) is 42.0 Å². The van der Waals surface area contributed by atoms with E-state index in [1.54, 1.807) is 24.4 Å². The number of carbonyl (C=O) groups excluding carboxylic acids is 1. The van der Waals surface area contributed by atoms with Crippen LogP contribution in [-0.4, -0.2) is 10.9 Å². The van der Waals surface area contributed by atoms with Crippen molar-refractivity contribution in [2.24, 2.45) is 0 Å². The van der Waals surface area contributed by atoms with Crippen LogP contribution in [0.2, 0.25) is 0 Å². The summed E-state index contributed by atoms with van der Waals surface area (Å²) in [7, 11) is 0. The molecule has 2 rings (SSSR count). The Morgan fingerprint density at radius 3 is 2.37 bits per heavy atom. The average molecular weight is 254 g/mol. The van der Waals surface area contributed by atoms with Gasteiger partial charge in [-0.2, -0.15) is 0 Å². The van der Waals surface area contributed by atoms with Crippen LogP contribution < -0.4 is 5.32 Å². The molecule has 19 heavy (non-hydrogen) atoms. The van der Waals surface area contributed by atoms with Gasteiger partial charge in [0.15, 0.2) is 0 Å². The number of pyridine rings is 1. The second kappa shape index (κ2) is 5.22. The highest BCUT2D eigenvalue weighted by molar-refractivity contribution is 6.03. The highest BCUT2D eigenvalue weighted by Gasteiger charge is 2.19. The number of nitrogens with one attached hydrogen (secondary N) is 1.